The Morgan fingerprint density at radius 2 is 1.15 bits per heavy atom. The van der Waals surface area contributed by atoms with Crippen molar-refractivity contribution in [2.45, 2.75) is 0 Å². The van der Waals surface area contributed by atoms with Gasteiger partial charge >= 0.3 is 0 Å². The van der Waals surface area contributed by atoms with Gasteiger partial charge in [-0.25, -0.2) is 0 Å². The van der Waals surface area contributed by atoms with Gasteiger partial charge in [0, 0.05) is 33.4 Å². The lowest BCUT2D eigenvalue weighted by molar-refractivity contribution is 1.51. The van der Waals surface area contributed by atoms with Gasteiger partial charge in [-0.2, -0.15) is 0 Å². The van der Waals surface area contributed by atoms with E-state index in [9.17, 15) is 0 Å². The number of H-pyrrole nitrogens is 1. The highest BCUT2D eigenvalue weighted by atomic mass is 14.9. The SMILES string of the molecule is c1ccc(Nc2cc(Nc3ccccc3)c3c(c2)[nH]c2ccccc23)cc1. The number of fused-ring (bicyclic) bond motifs is 3. The number of nitrogens with one attached hydrogen (secondary N) is 3. The van der Waals surface area contributed by atoms with E-state index in [0.29, 0.717) is 0 Å². The van der Waals surface area contributed by atoms with E-state index in [1.165, 1.54) is 10.8 Å². The first kappa shape index (κ1) is 15.5. The summed E-state index contributed by atoms with van der Waals surface area (Å²) >= 11 is 0. The van der Waals surface area contributed by atoms with Crippen molar-refractivity contribution in [3.05, 3.63) is 97.1 Å². The fourth-order valence-corrected chi connectivity index (χ4v) is 3.52. The molecule has 0 bridgehead atoms. The van der Waals surface area contributed by atoms with Crippen molar-refractivity contribution < 1.29 is 0 Å². The summed E-state index contributed by atoms with van der Waals surface area (Å²) in [5, 5.41) is 9.52. The molecule has 3 nitrogen and oxygen atoms in total. The monoisotopic (exact) mass is 349 g/mol. The van der Waals surface area contributed by atoms with Gasteiger partial charge in [-0.3, -0.25) is 0 Å². The van der Waals surface area contributed by atoms with Gasteiger partial charge in [0.25, 0.3) is 0 Å². The molecule has 0 saturated carbocycles. The Hall–Kier alpha value is -3.72. The van der Waals surface area contributed by atoms with Gasteiger partial charge in [0.05, 0.1) is 11.2 Å². The summed E-state index contributed by atoms with van der Waals surface area (Å²) in [4.78, 5) is 3.55. The third kappa shape index (κ3) is 3.00. The molecule has 130 valence electrons. The third-order valence-corrected chi connectivity index (χ3v) is 4.72. The minimum absolute atomic E-state index is 1.04. The molecule has 0 spiro atoms. The van der Waals surface area contributed by atoms with Crippen LogP contribution in [0.4, 0.5) is 22.7 Å². The molecule has 0 atom stereocenters. The first-order valence-corrected chi connectivity index (χ1v) is 9.05. The van der Waals surface area contributed by atoms with E-state index < -0.39 is 0 Å². The average Bonchev–Trinajstić information content (AvgIpc) is 3.08. The van der Waals surface area contributed by atoms with Crippen LogP contribution in [0.2, 0.25) is 0 Å². The fraction of sp³-hybridized carbons (Fsp3) is 0. The van der Waals surface area contributed by atoms with Crippen LogP contribution in [0.5, 0.6) is 0 Å². The van der Waals surface area contributed by atoms with E-state index >= 15 is 0 Å². The van der Waals surface area contributed by atoms with Crippen molar-refractivity contribution in [2.75, 3.05) is 10.6 Å². The highest BCUT2D eigenvalue weighted by molar-refractivity contribution is 6.15. The quantitative estimate of drug-likeness (QED) is 0.333. The molecule has 0 aliphatic rings. The number of hydrogen-bond acceptors (Lipinski definition) is 2. The summed E-state index contributed by atoms with van der Waals surface area (Å²) in [6.45, 7) is 0. The lowest BCUT2D eigenvalue weighted by atomic mass is 10.1. The Morgan fingerprint density at radius 1 is 0.519 bits per heavy atom. The van der Waals surface area contributed by atoms with Crippen LogP contribution in [0.15, 0.2) is 97.1 Å². The minimum atomic E-state index is 1.04. The summed E-state index contributed by atoms with van der Waals surface area (Å²) in [5.74, 6) is 0. The van der Waals surface area contributed by atoms with Crippen molar-refractivity contribution in [2.24, 2.45) is 0 Å². The molecule has 5 aromatic rings. The van der Waals surface area contributed by atoms with Crippen LogP contribution in [0.1, 0.15) is 0 Å². The van der Waals surface area contributed by atoms with Gasteiger partial charge in [0.1, 0.15) is 0 Å². The normalized spacial score (nSPS) is 11.0. The summed E-state index contributed by atoms with van der Waals surface area (Å²) in [6.07, 6.45) is 0. The van der Waals surface area contributed by atoms with Gasteiger partial charge in [-0.1, -0.05) is 54.6 Å². The molecule has 0 fully saturated rings. The van der Waals surface area contributed by atoms with Gasteiger partial charge in [-0.15, -0.1) is 0 Å². The fourth-order valence-electron chi connectivity index (χ4n) is 3.52. The molecule has 1 aromatic heterocycles. The van der Waals surface area contributed by atoms with Crippen LogP contribution in [-0.4, -0.2) is 4.98 Å². The van der Waals surface area contributed by atoms with Crippen LogP contribution in [0.25, 0.3) is 21.8 Å². The highest BCUT2D eigenvalue weighted by Gasteiger charge is 2.11. The molecular weight excluding hydrogens is 330 g/mol. The summed E-state index contributed by atoms with van der Waals surface area (Å²) in [7, 11) is 0. The molecule has 0 aliphatic heterocycles. The molecule has 0 radical (unpaired) electrons. The van der Waals surface area contributed by atoms with E-state index in [1.54, 1.807) is 0 Å². The van der Waals surface area contributed by atoms with Crippen LogP contribution in [0, 0.1) is 0 Å². The molecular formula is C24H19N3. The van der Waals surface area contributed by atoms with Crippen molar-refractivity contribution in [1.29, 1.82) is 0 Å². The Labute approximate surface area is 157 Å². The highest BCUT2D eigenvalue weighted by Crippen LogP contribution is 2.36. The number of aromatic nitrogens is 1. The standard InChI is InChI=1S/C24H19N3/c1-3-9-17(10-4-1)25-19-15-22(26-18-11-5-2-6-12-18)24-20-13-7-8-14-21(20)27-23(24)16-19/h1-16,25-27H. The lowest BCUT2D eigenvalue weighted by Gasteiger charge is -2.12. The lowest BCUT2D eigenvalue weighted by Crippen LogP contribution is -1.95. The maximum absolute atomic E-state index is 3.59. The molecule has 0 amide bonds. The molecule has 5 rings (SSSR count). The van der Waals surface area contributed by atoms with Crippen LogP contribution < -0.4 is 10.6 Å². The zero-order valence-corrected chi connectivity index (χ0v) is 14.7. The predicted octanol–water partition coefficient (Wildman–Crippen LogP) is 6.81. The molecule has 4 aromatic carbocycles. The van der Waals surface area contributed by atoms with Crippen LogP contribution >= 0.6 is 0 Å². The van der Waals surface area contributed by atoms with Gasteiger partial charge in [-0.05, 0) is 42.5 Å². The molecule has 0 saturated heterocycles. The van der Waals surface area contributed by atoms with Gasteiger partial charge < -0.3 is 15.6 Å². The Morgan fingerprint density at radius 3 is 1.89 bits per heavy atom. The van der Waals surface area contributed by atoms with Crippen molar-refractivity contribution in [1.82, 2.24) is 4.98 Å². The van der Waals surface area contributed by atoms with Gasteiger partial charge in [0.15, 0.2) is 0 Å². The maximum atomic E-state index is 3.59. The Kier molecular flexibility index (Phi) is 3.76. The largest absolute Gasteiger partial charge is 0.355 e. The van der Waals surface area contributed by atoms with Crippen molar-refractivity contribution in [3.63, 3.8) is 0 Å². The number of anilines is 4. The maximum Gasteiger partial charge on any atom is 0.0506 e. The predicted molar refractivity (Wildman–Crippen MR) is 115 cm³/mol. The number of rotatable bonds is 4. The molecule has 3 heteroatoms. The zero-order chi connectivity index (χ0) is 18.1. The van der Waals surface area contributed by atoms with E-state index in [0.717, 1.165) is 33.8 Å². The zero-order valence-electron chi connectivity index (χ0n) is 14.7. The van der Waals surface area contributed by atoms with Gasteiger partial charge in [0.2, 0.25) is 0 Å². The summed E-state index contributed by atoms with van der Waals surface area (Å²) in [5.41, 5.74) is 6.50. The summed E-state index contributed by atoms with van der Waals surface area (Å²) in [6, 6.07) is 33.3. The average molecular weight is 349 g/mol. The second-order valence-corrected chi connectivity index (χ2v) is 6.60. The smallest absolute Gasteiger partial charge is 0.0506 e. The van der Waals surface area contributed by atoms with E-state index in [-0.39, 0.29) is 0 Å². The molecule has 0 unspecified atom stereocenters. The van der Waals surface area contributed by atoms with Crippen molar-refractivity contribution in [3.8, 4) is 0 Å². The molecule has 1 heterocycles. The van der Waals surface area contributed by atoms with Crippen LogP contribution in [-0.2, 0) is 0 Å². The second-order valence-electron chi connectivity index (χ2n) is 6.60. The first-order chi connectivity index (χ1) is 13.4. The second kappa shape index (κ2) is 6.54. The molecule has 3 N–H and O–H groups in total. The topological polar surface area (TPSA) is 39.8 Å². The molecule has 27 heavy (non-hydrogen) atoms. The van der Waals surface area contributed by atoms with E-state index in [4.69, 9.17) is 0 Å². The number of benzene rings is 4. The van der Waals surface area contributed by atoms with Crippen molar-refractivity contribution >= 4 is 44.6 Å². The number of para-hydroxylation sites is 3. The van der Waals surface area contributed by atoms with Crippen LogP contribution in [0.3, 0.4) is 0 Å². The minimum Gasteiger partial charge on any atom is -0.355 e. The van der Waals surface area contributed by atoms with E-state index in [1.807, 2.05) is 36.4 Å². The number of hydrogen-bond donors (Lipinski definition) is 3. The van der Waals surface area contributed by atoms with E-state index in [2.05, 4.69) is 76.3 Å². The first-order valence-electron chi connectivity index (χ1n) is 9.05. The third-order valence-electron chi connectivity index (χ3n) is 4.72. The Bertz CT molecular complexity index is 1210. The number of aromatic amines is 1. The summed E-state index contributed by atoms with van der Waals surface area (Å²) < 4.78 is 0. The Balaban J connectivity index is 1.68. The molecule has 0 aliphatic carbocycles.